The Morgan fingerprint density at radius 2 is 2.31 bits per heavy atom. The fourth-order valence-electron chi connectivity index (χ4n) is 1.68. The first-order valence-corrected chi connectivity index (χ1v) is 5.49. The zero-order chi connectivity index (χ0) is 11.7. The first-order valence-electron chi connectivity index (χ1n) is 5.49. The number of ether oxygens (including phenoxy) is 1. The number of anilines is 2. The molecular weight excluding hydrogens is 204 g/mol. The molecule has 0 saturated heterocycles. The summed E-state index contributed by atoms with van der Waals surface area (Å²) >= 11 is 0. The van der Waals surface area contributed by atoms with Crippen molar-refractivity contribution in [1.29, 1.82) is 0 Å². The van der Waals surface area contributed by atoms with E-state index in [0.29, 0.717) is 17.9 Å². The van der Waals surface area contributed by atoms with Gasteiger partial charge < -0.3 is 15.8 Å². The van der Waals surface area contributed by atoms with Gasteiger partial charge in [0.05, 0.1) is 18.2 Å². The second-order valence-corrected chi connectivity index (χ2v) is 4.11. The zero-order valence-electron chi connectivity index (χ0n) is 9.54. The smallest absolute Gasteiger partial charge is 0.228 e. The highest BCUT2D eigenvalue weighted by Crippen LogP contribution is 2.33. The van der Waals surface area contributed by atoms with Gasteiger partial charge in [0.1, 0.15) is 5.75 Å². The minimum Gasteiger partial charge on any atom is -0.488 e. The van der Waals surface area contributed by atoms with Gasteiger partial charge in [-0.3, -0.25) is 4.79 Å². The monoisotopic (exact) mass is 220 g/mol. The summed E-state index contributed by atoms with van der Waals surface area (Å²) in [6, 6.07) is 3.62. The largest absolute Gasteiger partial charge is 0.488 e. The predicted molar refractivity (Wildman–Crippen MR) is 63.6 cm³/mol. The molecule has 0 aliphatic carbocycles. The minimum atomic E-state index is 0.00934. The van der Waals surface area contributed by atoms with Gasteiger partial charge in [0, 0.05) is 11.8 Å². The Hall–Kier alpha value is -1.71. The summed E-state index contributed by atoms with van der Waals surface area (Å²) in [5.74, 6) is 0.658. The van der Waals surface area contributed by atoms with E-state index in [9.17, 15) is 4.79 Å². The van der Waals surface area contributed by atoms with Gasteiger partial charge in [-0.25, -0.2) is 0 Å². The predicted octanol–water partition coefficient (Wildman–Crippen LogP) is 1.94. The van der Waals surface area contributed by atoms with Crippen molar-refractivity contribution in [3.63, 3.8) is 0 Å². The second kappa shape index (κ2) is 4.04. The Morgan fingerprint density at radius 1 is 1.56 bits per heavy atom. The normalized spacial score (nSPS) is 15.5. The van der Waals surface area contributed by atoms with E-state index in [1.807, 2.05) is 19.1 Å². The lowest BCUT2D eigenvalue weighted by molar-refractivity contribution is -0.115. The van der Waals surface area contributed by atoms with Crippen LogP contribution in [0.25, 0.3) is 0 Å². The van der Waals surface area contributed by atoms with E-state index in [-0.39, 0.29) is 12.0 Å². The van der Waals surface area contributed by atoms with Gasteiger partial charge in [-0.2, -0.15) is 0 Å². The quantitative estimate of drug-likeness (QED) is 0.765. The molecule has 1 aliphatic heterocycles. The number of benzene rings is 1. The molecule has 1 heterocycles. The standard InChI is InChI=1S/C12H16N2O2/c1-3-7(2)16-11-6-10-8(4-9(11)13)5-12(15)14-10/h4,6-7H,3,5,13H2,1-2H3,(H,14,15). The Morgan fingerprint density at radius 3 is 3.00 bits per heavy atom. The Kier molecular flexibility index (Phi) is 2.73. The SMILES string of the molecule is CCC(C)Oc1cc2c(cc1N)CC(=O)N2. The number of carbonyl (C=O) groups excluding carboxylic acids is 1. The van der Waals surface area contributed by atoms with E-state index >= 15 is 0 Å². The molecule has 4 heteroatoms. The van der Waals surface area contributed by atoms with E-state index in [0.717, 1.165) is 17.7 Å². The Balaban J connectivity index is 2.28. The maximum atomic E-state index is 11.2. The highest BCUT2D eigenvalue weighted by Gasteiger charge is 2.20. The van der Waals surface area contributed by atoms with Crippen molar-refractivity contribution in [2.24, 2.45) is 0 Å². The maximum absolute atomic E-state index is 11.2. The Bertz CT molecular complexity index is 429. The summed E-state index contributed by atoms with van der Waals surface area (Å²) in [6.45, 7) is 4.04. The molecule has 3 N–H and O–H groups in total. The van der Waals surface area contributed by atoms with Crippen molar-refractivity contribution in [1.82, 2.24) is 0 Å². The van der Waals surface area contributed by atoms with Crippen molar-refractivity contribution < 1.29 is 9.53 Å². The van der Waals surface area contributed by atoms with Crippen LogP contribution in [0.2, 0.25) is 0 Å². The lowest BCUT2D eigenvalue weighted by Gasteiger charge is -2.15. The molecular formula is C12H16N2O2. The molecule has 0 saturated carbocycles. The summed E-state index contributed by atoms with van der Waals surface area (Å²) in [7, 11) is 0. The summed E-state index contributed by atoms with van der Waals surface area (Å²) < 4.78 is 5.68. The van der Waals surface area contributed by atoms with Crippen LogP contribution in [0, 0.1) is 0 Å². The highest BCUT2D eigenvalue weighted by atomic mass is 16.5. The molecule has 1 aliphatic rings. The van der Waals surface area contributed by atoms with Crippen LogP contribution in [0.4, 0.5) is 11.4 Å². The number of nitrogen functional groups attached to an aromatic ring is 1. The molecule has 1 aromatic carbocycles. The number of amides is 1. The van der Waals surface area contributed by atoms with Crippen molar-refractivity contribution in [2.45, 2.75) is 32.8 Å². The average Bonchev–Trinajstić information content (AvgIpc) is 2.58. The van der Waals surface area contributed by atoms with Crippen molar-refractivity contribution in [3.8, 4) is 5.75 Å². The molecule has 0 aromatic heterocycles. The lowest BCUT2D eigenvalue weighted by Crippen LogP contribution is -2.11. The summed E-state index contributed by atoms with van der Waals surface area (Å²) in [5.41, 5.74) is 8.23. The van der Waals surface area contributed by atoms with Crippen LogP contribution in [0.15, 0.2) is 12.1 Å². The van der Waals surface area contributed by atoms with Gasteiger partial charge in [0.15, 0.2) is 0 Å². The topological polar surface area (TPSA) is 64.3 Å². The second-order valence-electron chi connectivity index (χ2n) is 4.11. The molecule has 1 aromatic rings. The number of nitrogens with one attached hydrogen (secondary N) is 1. The van der Waals surface area contributed by atoms with Crippen LogP contribution in [-0.4, -0.2) is 12.0 Å². The zero-order valence-corrected chi connectivity index (χ0v) is 9.54. The first kappa shape index (κ1) is 10.8. The summed E-state index contributed by atoms with van der Waals surface area (Å²) in [4.78, 5) is 11.2. The average molecular weight is 220 g/mol. The van der Waals surface area contributed by atoms with Gasteiger partial charge in [0.2, 0.25) is 5.91 Å². The molecule has 16 heavy (non-hydrogen) atoms. The van der Waals surface area contributed by atoms with E-state index < -0.39 is 0 Å². The van der Waals surface area contributed by atoms with Crippen LogP contribution in [0.1, 0.15) is 25.8 Å². The number of hydrogen-bond donors (Lipinski definition) is 2. The van der Waals surface area contributed by atoms with Gasteiger partial charge >= 0.3 is 0 Å². The summed E-state index contributed by atoms with van der Waals surface area (Å²) in [6.07, 6.45) is 1.45. The fourth-order valence-corrected chi connectivity index (χ4v) is 1.68. The molecule has 0 bridgehead atoms. The first-order chi connectivity index (χ1) is 7.60. The van der Waals surface area contributed by atoms with E-state index in [1.165, 1.54) is 0 Å². The molecule has 2 rings (SSSR count). The van der Waals surface area contributed by atoms with E-state index in [2.05, 4.69) is 12.2 Å². The molecule has 86 valence electrons. The van der Waals surface area contributed by atoms with Crippen molar-refractivity contribution in [3.05, 3.63) is 17.7 Å². The van der Waals surface area contributed by atoms with Crippen molar-refractivity contribution in [2.75, 3.05) is 11.1 Å². The van der Waals surface area contributed by atoms with E-state index in [1.54, 1.807) is 0 Å². The van der Waals surface area contributed by atoms with Crippen LogP contribution in [-0.2, 0) is 11.2 Å². The third-order valence-electron chi connectivity index (χ3n) is 2.76. The molecule has 1 unspecified atom stereocenters. The number of nitrogens with two attached hydrogens (primary N) is 1. The van der Waals surface area contributed by atoms with Crippen LogP contribution < -0.4 is 15.8 Å². The van der Waals surface area contributed by atoms with Gasteiger partial charge in [-0.1, -0.05) is 6.92 Å². The molecule has 0 spiro atoms. The third-order valence-corrected chi connectivity index (χ3v) is 2.76. The Labute approximate surface area is 94.8 Å². The van der Waals surface area contributed by atoms with Gasteiger partial charge in [-0.05, 0) is 25.0 Å². The lowest BCUT2D eigenvalue weighted by atomic mass is 10.1. The number of hydrogen-bond acceptors (Lipinski definition) is 3. The number of fused-ring (bicyclic) bond motifs is 1. The molecule has 4 nitrogen and oxygen atoms in total. The minimum absolute atomic E-state index is 0.00934. The van der Waals surface area contributed by atoms with Crippen molar-refractivity contribution >= 4 is 17.3 Å². The molecule has 1 amide bonds. The fraction of sp³-hybridized carbons (Fsp3) is 0.417. The highest BCUT2D eigenvalue weighted by molar-refractivity contribution is 6.00. The van der Waals surface area contributed by atoms with Gasteiger partial charge in [0.25, 0.3) is 0 Å². The molecule has 0 radical (unpaired) electrons. The number of carbonyl (C=O) groups is 1. The van der Waals surface area contributed by atoms with Gasteiger partial charge in [-0.15, -0.1) is 0 Å². The van der Waals surface area contributed by atoms with Crippen LogP contribution in [0.5, 0.6) is 5.75 Å². The molecule has 0 fully saturated rings. The van der Waals surface area contributed by atoms with Crippen LogP contribution in [0.3, 0.4) is 0 Å². The van der Waals surface area contributed by atoms with E-state index in [4.69, 9.17) is 10.5 Å². The third kappa shape index (κ3) is 1.96. The maximum Gasteiger partial charge on any atom is 0.228 e. The molecule has 1 atom stereocenters. The van der Waals surface area contributed by atoms with Crippen LogP contribution >= 0.6 is 0 Å². The summed E-state index contributed by atoms with van der Waals surface area (Å²) in [5, 5.41) is 2.78. The number of rotatable bonds is 3.